The lowest BCUT2D eigenvalue weighted by Crippen LogP contribution is -2.07. The zero-order valence-corrected chi connectivity index (χ0v) is 7.40. The van der Waals surface area contributed by atoms with Gasteiger partial charge in [-0.15, -0.1) is 0 Å². The van der Waals surface area contributed by atoms with Gasteiger partial charge in [-0.2, -0.15) is 0 Å². The standard InChI is InChI=1S/C7H9ClO5/c8-5(9)3-4-13-7(12)2-1-6(10)11/h1-2,5,9H,3-4H2,(H,10,11)/b2-1-. The van der Waals surface area contributed by atoms with E-state index in [9.17, 15) is 9.59 Å². The number of aliphatic hydroxyl groups excluding tert-OH is 1. The number of carbonyl (C=O) groups excluding carboxylic acids is 1. The van der Waals surface area contributed by atoms with Gasteiger partial charge in [0.2, 0.25) is 0 Å². The van der Waals surface area contributed by atoms with Crippen molar-refractivity contribution < 1.29 is 24.5 Å². The molecule has 0 spiro atoms. The Morgan fingerprint density at radius 1 is 1.46 bits per heavy atom. The summed E-state index contributed by atoms with van der Waals surface area (Å²) in [4.78, 5) is 20.6. The minimum atomic E-state index is -1.23. The molecular weight excluding hydrogens is 200 g/mol. The number of carboxylic acid groups (broad SMARTS) is 1. The molecule has 1 unspecified atom stereocenters. The molecule has 0 aliphatic heterocycles. The topological polar surface area (TPSA) is 83.8 Å². The van der Waals surface area contributed by atoms with Crippen LogP contribution in [0.4, 0.5) is 0 Å². The second-order valence-electron chi connectivity index (χ2n) is 2.06. The molecule has 74 valence electrons. The highest BCUT2D eigenvalue weighted by atomic mass is 35.5. The molecule has 0 saturated heterocycles. The second-order valence-corrected chi connectivity index (χ2v) is 2.57. The maximum absolute atomic E-state index is 10.6. The first kappa shape index (κ1) is 11.9. The van der Waals surface area contributed by atoms with E-state index in [4.69, 9.17) is 21.8 Å². The number of alkyl halides is 1. The predicted molar refractivity (Wildman–Crippen MR) is 44.2 cm³/mol. The molecule has 0 saturated carbocycles. The van der Waals surface area contributed by atoms with Crippen LogP contribution in [-0.4, -0.2) is 34.3 Å². The Bertz CT molecular complexity index is 211. The Morgan fingerprint density at radius 3 is 2.54 bits per heavy atom. The van der Waals surface area contributed by atoms with Crippen LogP contribution in [0.25, 0.3) is 0 Å². The van der Waals surface area contributed by atoms with Gasteiger partial charge in [0.05, 0.1) is 6.61 Å². The van der Waals surface area contributed by atoms with Gasteiger partial charge >= 0.3 is 11.9 Å². The van der Waals surface area contributed by atoms with Gasteiger partial charge in [0.1, 0.15) is 5.56 Å². The van der Waals surface area contributed by atoms with E-state index >= 15 is 0 Å². The first-order chi connectivity index (χ1) is 6.02. The molecule has 0 bridgehead atoms. The number of carbonyl (C=O) groups is 2. The van der Waals surface area contributed by atoms with Crippen LogP contribution in [0.5, 0.6) is 0 Å². The third kappa shape index (κ3) is 8.84. The van der Waals surface area contributed by atoms with Crippen molar-refractivity contribution in [1.82, 2.24) is 0 Å². The van der Waals surface area contributed by atoms with Crippen molar-refractivity contribution >= 4 is 23.5 Å². The molecule has 1 atom stereocenters. The third-order valence-corrected chi connectivity index (χ3v) is 1.18. The Balaban J connectivity index is 3.58. The molecule has 0 amide bonds. The molecule has 0 aromatic heterocycles. The van der Waals surface area contributed by atoms with Gasteiger partial charge in [-0.1, -0.05) is 11.6 Å². The molecule has 0 rings (SSSR count). The maximum Gasteiger partial charge on any atom is 0.331 e. The molecule has 0 aliphatic rings. The van der Waals surface area contributed by atoms with E-state index in [1.54, 1.807) is 0 Å². The molecule has 0 aliphatic carbocycles. The predicted octanol–water partition coefficient (Wildman–Crippen LogP) is 0.118. The summed E-state index contributed by atoms with van der Waals surface area (Å²) in [7, 11) is 0. The van der Waals surface area contributed by atoms with Crippen LogP contribution in [0, 0.1) is 0 Å². The molecule has 2 N–H and O–H groups in total. The number of halogens is 1. The molecule has 0 aromatic carbocycles. The number of hydrogen-bond donors (Lipinski definition) is 2. The van der Waals surface area contributed by atoms with Crippen molar-refractivity contribution in [2.75, 3.05) is 6.61 Å². The summed E-state index contributed by atoms with van der Waals surface area (Å²) in [5, 5.41) is 16.7. The fourth-order valence-corrected chi connectivity index (χ4v) is 0.533. The number of rotatable bonds is 5. The largest absolute Gasteiger partial charge is 0.478 e. The molecule has 0 fully saturated rings. The Kier molecular flexibility index (Phi) is 5.92. The zero-order chi connectivity index (χ0) is 10.3. The van der Waals surface area contributed by atoms with Crippen molar-refractivity contribution in [2.45, 2.75) is 12.0 Å². The number of aliphatic hydroxyl groups is 1. The van der Waals surface area contributed by atoms with Crippen molar-refractivity contribution in [3.63, 3.8) is 0 Å². The lowest BCUT2D eigenvalue weighted by molar-refractivity contribution is -0.139. The lowest BCUT2D eigenvalue weighted by Gasteiger charge is -2.01. The minimum Gasteiger partial charge on any atom is -0.478 e. The summed E-state index contributed by atoms with van der Waals surface area (Å²) >= 11 is 5.14. The molecule has 0 aromatic rings. The first-order valence-electron chi connectivity index (χ1n) is 3.42. The maximum atomic E-state index is 10.6. The first-order valence-corrected chi connectivity index (χ1v) is 3.86. The molecule has 13 heavy (non-hydrogen) atoms. The van der Waals surface area contributed by atoms with Gasteiger partial charge in [-0.3, -0.25) is 0 Å². The number of aliphatic carboxylic acids is 1. The van der Waals surface area contributed by atoms with E-state index in [-0.39, 0.29) is 13.0 Å². The fraction of sp³-hybridized carbons (Fsp3) is 0.429. The fourth-order valence-electron chi connectivity index (χ4n) is 0.444. The quantitative estimate of drug-likeness (QED) is 0.381. The third-order valence-electron chi connectivity index (χ3n) is 0.962. The molecular formula is C7H9ClO5. The van der Waals surface area contributed by atoms with Crippen molar-refractivity contribution in [3.05, 3.63) is 12.2 Å². The number of esters is 1. The summed E-state index contributed by atoms with van der Waals surface area (Å²) in [6.45, 7) is -0.0482. The lowest BCUT2D eigenvalue weighted by atomic mass is 10.5. The van der Waals surface area contributed by atoms with E-state index < -0.39 is 17.5 Å². The van der Waals surface area contributed by atoms with Gasteiger partial charge in [0, 0.05) is 18.6 Å². The van der Waals surface area contributed by atoms with Crippen LogP contribution in [0.3, 0.4) is 0 Å². The number of ether oxygens (including phenoxy) is 1. The summed E-state index contributed by atoms with van der Waals surface area (Å²) < 4.78 is 4.47. The Labute approximate surface area is 79.6 Å². The van der Waals surface area contributed by atoms with E-state index in [0.29, 0.717) is 6.08 Å². The van der Waals surface area contributed by atoms with Crippen molar-refractivity contribution in [3.8, 4) is 0 Å². The molecule has 6 heteroatoms. The summed E-state index contributed by atoms with van der Waals surface area (Å²) in [6, 6.07) is 0. The summed E-state index contributed by atoms with van der Waals surface area (Å²) in [5.41, 5.74) is -1.06. The summed E-state index contributed by atoms with van der Waals surface area (Å²) in [6.07, 6.45) is 1.55. The van der Waals surface area contributed by atoms with Crippen LogP contribution < -0.4 is 0 Å². The highest BCUT2D eigenvalue weighted by Crippen LogP contribution is 1.96. The second kappa shape index (κ2) is 6.45. The Hall–Kier alpha value is -1.07. The zero-order valence-electron chi connectivity index (χ0n) is 6.64. The highest BCUT2D eigenvalue weighted by molar-refractivity contribution is 6.19. The van der Waals surface area contributed by atoms with Crippen LogP contribution in [0.2, 0.25) is 0 Å². The average molecular weight is 209 g/mol. The van der Waals surface area contributed by atoms with E-state index in [0.717, 1.165) is 6.08 Å². The SMILES string of the molecule is O=C(O)/C=C\C(=O)OCCC(O)Cl. The van der Waals surface area contributed by atoms with Gasteiger partial charge < -0.3 is 14.9 Å². The number of hydrogen-bond acceptors (Lipinski definition) is 4. The van der Waals surface area contributed by atoms with Crippen LogP contribution in [-0.2, 0) is 14.3 Å². The molecule has 0 radical (unpaired) electrons. The number of carboxylic acids is 1. The molecule has 5 nitrogen and oxygen atoms in total. The monoisotopic (exact) mass is 208 g/mol. The van der Waals surface area contributed by atoms with Crippen LogP contribution in [0.1, 0.15) is 6.42 Å². The van der Waals surface area contributed by atoms with Crippen molar-refractivity contribution in [1.29, 1.82) is 0 Å². The Morgan fingerprint density at radius 2 is 2.08 bits per heavy atom. The van der Waals surface area contributed by atoms with Crippen LogP contribution >= 0.6 is 11.6 Å². The van der Waals surface area contributed by atoms with Gasteiger partial charge in [0.15, 0.2) is 0 Å². The van der Waals surface area contributed by atoms with E-state index in [1.807, 2.05) is 0 Å². The highest BCUT2D eigenvalue weighted by Gasteiger charge is 2.01. The smallest absolute Gasteiger partial charge is 0.331 e. The van der Waals surface area contributed by atoms with E-state index in [2.05, 4.69) is 4.74 Å². The van der Waals surface area contributed by atoms with Crippen molar-refractivity contribution in [2.24, 2.45) is 0 Å². The van der Waals surface area contributed by atoms with E-state index in [1.165, 1.54) is 0 Å². The van der Waals surface area contributed by atoms with Gasteiger partial charge in [-0.25, -0.2) is 9.59 Å². The summed E-state index contributed by atoms with van der Waals surface area (Å²) in [5.74, 6) is -2.01. The molecule has 0 heterocycles. The van der Waals surface area contributed by atoms with Gasteiger partial charge in [-0.05, 0) is 0 Å². The average Bonchev–Trinajstić information content (AvgIpc) is 2.00. The normalized spacial score (nSPS) is 12.8. The minimum absolute atomic E-state index is 0.0482. The van der Waals surface area contributed by atoms with Crippen LogP contribution in [0.15, 0.2) is 12.2 Å². The van der Waals surface area contributed by atoms with Gasteiger partial charge in [0.25, 0.3) is 0 Å².